The fourth-order valence-corrected chi connectivity index (χ4v) is 1.56. The van der Waals surface area contributed by atoms with Gasteiger partial charge in [-0.1, -0.05) is 0 Å². The van der Waals surface area contributed by atoms with Gasteiger partial charge in [-0.25, -0.2) is 4.79 Å². The zero-order valence-corrected chi connectivity index (χ0v) is 12.3. The maximum Gasteiger partial charge on any atom is 0.332 e. The quantitative estimate of drug-likeness (QED) is 0.659. The van der Waals surface area contributed by atoms with Crippen LogP contribution in [0.3, 0.4) is 0 Å². The third kappa shape index (κ3) is 4.76. The lowest BCUT2D eigenvalue weighted by Gasteiger charge is -2.12. The third-order valence-electron chi connectivity index (χ3n) is 2.58. The van der Waals surface area contributed by atoms with Crippen molar-refractivity contribution in [3.63, 3.8) is 0 Å². The molecular weight excluding hydrogens is 256 g/mol. The molecule has 20 heavy (non-hydrogen) atoms. The van der Waals surface area contributed by atoms with Gasteiger partial charge in [0.1, 0.15) is 0 Å². The first kappa shape index (κ1) is 15.8. The summed E-state index contributed by atoms with van der Waals surface area (Å²) in [6, 6.07) is 7.20. The highest BCUT2D eigenvalue weighted by molar-refractivity contribution is 5.96. The van der Waals surface area contributed by atoms with Gasteiger partial charge in [-0.15, -0.1) is 0 Å². The molecule has 0 fully saturated rings. The van der Waals surface area contributed by atoms with Gasteiger partial charge in [0.15, 0.2) is 0 Å². The summed E-state index contributed by atoms with van der Waals surface area (Å²) in [4.78, 5) is 25.1. The minimum absolute atomic E-state index is 0.256. The molecule has 0 spiro atoms. The summed E-state index contributed by atoms with van der Waals surface area (Å²) in [7, 11) is 3.86. The Bertz CT molecular complexity index is 504. The lowest BCUT2D eigenvalue weighted by molar-refractivity contribution is -0.137. The maximum absolute atomic E-state index is 12.0. The molecule has 1 aromatic rings. The molecule has 5 nitrogen and oxygen atoms in total. The van der Waals surface area contributed by atoms with Crippen LogP contribution in [0.4, 0.5) is 5.69 Å². The van der Waals surface area contributed by atoms with Crippen molar-refractivity contribution in [3.8, 4) is 0 Å². The summed E-state index contributed by atoms with van der Waals surface area (Å²) in [5, 5.41) is 2.64. The van der Waals surface area contributed by atoms with E-state index in [0.717, 1.165) is 5.69 Å². The molecule has 1 N–H and O–H groups in total. The van der Waals surface area contributed by atoms with E-state index in [4.69, 9.17) is 4.74 Å². The molecule has 1 amide bonds. The number of amides is 1. The Balaban J connectivity index is 2.69. The molecule has 0 aliphatic heterocycles. The van der Waals surface area contributed by atoms with E-state index >= 15 is 0 Å². The second kappa shape index (κ2) is 7.33. The minimum atomic E-state index is -0.465. The van der Waals surface area contributed by atoms with Crippen molar-refractivity contribution in [2.75, 3.05) is 25.6 Å². The molecule has 0 aromatic heterocycles. The molecular formula is C15H20N2O3. The van der Waals surface area contributed by atoms with Crippen LogP contribution in [-0.2, 0) is 9.53 Å². The first-order chi connectivity index (χ1) is 9.43. The van der Waals surface area contributed by atoms with Gasteiger partial charge in [0.2, 0.25) is 0 Å². The average Bonchev–Trinajstić information content (AvgIpc) is 2.38. The summed E-state index contributed by atoms with van der Waals surface area (Å²) in [5.74, 6) is -0.721. The van der Waals surface area contributed by atoms with E-state index in [2.05, 4.69) is 5.32 Å². The number of carbonyl (C=O) groups excluding carboxylic acids is 2. The Morgan fingerprint density at radius 3 is 2.35 bits per heavy atom. The zero-order chi connectivity index (χ0) is 15.1. The lowest BCUT2D eigenvalue weighted by Crippen LogP contribution is -2.22. The molecule has 0 saturated carbocycles. The Labute approximate surface area is 119 Å². The molecule has 0 saturated heterocycles. The van der Waals surface area contributed by atoms with E-state index in [0.29, 0.717) is 17.9 Å². The highest BCUT2D eigenvalue weighted by atomic mass is 16.5. The van der Waals surface area contributed by atoms with Crippen molar-refractivity contribution in [2.45, 2.75) is 13.8 Å². The van der Waals surface area contributed by atoms with Gasteiger partial charge in [-0.3, -0.25) is 4.79 Å². The van der Waals surface area contributed by atoms with Crippen molar-refractivity contribution in [2.24, 2.45) is 0 Å². The largest absolute Gasteiger partial charge is 0.463 e. The Morgan fingerprint density at radius 1 is 1.25 bits per heavy atom. The first-order valence-corrected chi connectivity index (χ1v) is 6.37. The number of nitrogens with one attached hydrogen (secondary N) is 1. The number of benzene rings is 1. The monoisotopic (exact) mass is 276 g/mol. The molecule has 0 unspecified atom stereocenters. The number of hydrogen-bond acceptors (Lipinski definition) is 4. The van der Waals surface area contributed by atoms with Gasteiger partial charge in [0.05, 0.1) is 6.61 Å². The van der Waals surface area contributed by atoms with Crippen molar-refractivity contribution in [3.05, 3.63) is 41.6 Å². The average molecular weight is 276 g/mol. The van der Waals surface area contributed by atoms with Crippen LogP contribution in [0.1, 0.15) is 24.2 Å². The van der Waals surface area contributed by atoms with Crippen LogP contribution in [-0.4, -0.2) is 32.6 Å². The van der Waals surface area contributed by atoms with E-state index in [1.807, 2.05) is 31.1 Å². The lowest BCUT2D eigenvalue weighted by atomic mass is 10.2. The summed E-state index contributed by atoms with van der Waals surface area (Å²) in [6.45, 7) is 3.68. The van der Waals surface area contributed by atoms with Gasteiger partial charge in [0, 0.05) is 37.1 Å². The Hall–Kier alpha value is -2.30. The number of esters is 1. The number of carbonyl (C=O) groups is 2. The molecule has 5 heteroatoms. The summed E-state index contributed by atoms with van der Waals surface area (Å²) < 4.78 is 4.77. The van der Waals surface area contributed by atoms with Crippen molar-refractivity contribution in [1.82, 2.24) is 5.32 Å². The maximum atomic E-state index is 12.0. The molecule has 0 aliphatic carbocycles. The van der Waals surface area contributed by atoms with Crippen molar-refractivity contribution < 1.29 is 14.3 Å². The molecule has 108 valence electrons. The van der Waals surface area contributed by atoms with Crippen LogP contribution in [0, 0.1) is 0 Å². The SMILES string of the molecule is CCOC(=O)C=C(C)NC(=O)c1ccc(N(C)C)cc1. The van der Waals surface area contributed by atoms with Crippen LogP contribution >= 0.6 is 0 Å². The highest BCUT2D eigenvalue weighted by Gasteiger charge is 2.07. The van der Waals surface area contributed by atoms with E-state index in [-0.39, 0.29) is 5.91 Å². The second-order valence-corrected chi connectivity index (χ2v) is 4.47. The van der Waals surface area contributed by atoms with E-state index in [9.17, 15) is 9.59 Å². The molecule has 0 heterocycles. The van der Waals surface area contributed by atoms with Crippen LogP contribution in [0.5, 0.6) is 0 Å². The van der Waals surface area contributed by atoms with Crippen LogP contribution in [0.25, 0.3) is 0 Å². The molecule has 1 rings (SSSR count). The predicted octanol–water partition coefficient (Wildman–Crippen LogP) is 1.95. The smallest absolute Gasteiger partial charge is 0.332 e. The van der Waals surface area contributed by atoms with Gasteiger partial charge in [0.25, 0.3) is 5.91 Å². The van der Waals surface area contributed by atoms with Crippen LogP contribution in [0.2, 0.25) is 0 Å². The number of ether oxygens (including phenoxy) is 1. The summed E-state index contributed by atoms with van der Waals surface area (Å²) in [6.07, 6.45) is 1.26. The van der Waals surface area contributed by atoms with Gasteiger partial charge < -0.3 is 15.0 Å². The van der Waals surface area contributed by atoms with Gasteiger partial charge in [-0.2, -0.15) is 0 Å². The van der Waals surface area contributed by atoms with Crippen LogP contribution < -0.4 is 10.2 Å². The number of hydrogen-bond donors (Lipinski definition) is 1. The van der Waals surface area contributed by atoms with E-state index in [1.165, 1.54) is 6.08 Å². The molecule has 1 aromatic carbocycles. The standard InChI is InChI=1S/C15H20N2O3/c1-5-20-14(18)10-11(2)16-15(19)12-6-8-13(9-7-12)17(3)4/h6-10H,5H2,1-4H3,(H,16,19). The second-order valence-electron chi connectivity index (χ2n) is 4.47. The predicted molar refractivity (Wildman–Crippen MR) is 78.6 cm³/mol. The normalized spacial score (nSPS) is 10.9. The number of rotatable bonds is 5. The molecule has 0 atom stereocenters. The molecule has 0 bridgehead atoms. The fourth-order valence-electron chi connectivity index (χ4n) is 1.56. The number of nitrogens with zero attached hydrogens (tertiary/aromatic N) is 1. The summed E-state index contributed by atoms with van der Waals surface area (Å²) in [5.41, 5.74) is 2.00. The summed E-state index contributed by atoms with van der Waals surface area (Å²) >= 11 is 0. The molecule has 0 radical (unpaired) electrons. The Kier molecular flexibility index (Phi) is 5.77. The van der Waals surface area contributed by atoms with Crippen molar-refractivity contribution >= 4 is 17.6 Å². The topological polar surface area (TPSA) is 58.6 Å². The van der Waals surface area contributed by atoms with E-state index < -0.39 is 5.97 Å². The highest BCUT2D eigenvalue weighted by Crippen LogP contribution is 2.12. The minimum Gasteiger partial charge on any atom is -0.463 e. The Morgan fingerprint density at radius 2 is 1.85 bits per heavy atom. The van der Waals surface area contributed by atoms with Gasteiger partial charge >= 0.3 is 5.97 Å². The van der Waals surface area contributed by atoms with Crippen molar-refractivity contribution in [1.29, 1.82) is 0 Å². The molecule has 0 aliphatic rings. The fraction of sp³-hybridized carbons (Fsp3) is 0.333. The number of anilines is 1. The van der Waals surface area contributed by atoms with E-state index in [1.54, 1.807) is 26.0 Å². The zero-order valence-electron chi connectivity index (χ0n) is 12.3. The first-order valence-electron chi connectivity index (χ1n) is 6.37. The van der Waals surface area contributed by atoms with Crippen LogP contribution in [0.15, 0.2) is 36.0 Å². The number of allylic oxidation sites excluding steroid dienone is 1. The third-order valence-corrected chi connectivity index (χ3v) is 2.58. The van der Waals surface area contributed by atoms with Gasteiger partial charge in [-0.05, 0) is 38.1 Å².